The van der Waals surface area contributed by atoms with E-state index in [-0.39, 0.29) is 17.6 Å². The van der Waals surface area contributed by atoms with Crippen LogP contribution in [-0.2, 0) is 0 Å². The van der Waals surface area contributed by atoms with Crippen LogP contribution in [0.2, 0.25) is 0 Å². The molecule has 0 aliphatic carbocycles. The predicted molar refractivity (Wildman–Crippen MR) is 53.4 cm³/mol. The average molecular weight is 192 g/mol. The third-order valence-electron chi connectivity index (χ3n) is 1.70. The number of aromatic nitrogens is 2. The lowest BCUT2D eigenvalue weighted by atomic mass is 10.2. The minimum absolute atomic E-state index is 0.0739. The predicted octanol–water partition coefficient (Wildman–Crippen LogP) is 0.133. The van der Waals surface area contributed by atoms with Crippen molar-refractivity contribution in [1.29, 1.82) is 0 Å². The fraction of sp³-hybridized carbons (Fsp3) is 0.333. The number of terminal acetylenes is 1. The summed E-state index contributed by atoms with van der Waals surface area (Å²) in [5, 5.41) is 8.85. The Morgan fingerprint density at radius 2 is 2.64 bits per heavy atom. The molecule has 14 heavy (non-hydrogen) atoms. The van der Waals surface area contributed by atoms with Gasteiger partial charge in [-0.3, -0.25) is 9.89 Å². The summed E-state index contributed by atoms with van der Waals surface area (Å²) in [7, 11) is 0. The number of anilines is 1. The lowest BCUT2D eigenvalue weighted by Crippen LogP contribution is -2.32. The molecule has 0 saturated carbocycles. The lowest BCUT2D eigenvalue weighted by Gasteiger charge is -2.09. The van der Waals surface area contributed by atoms with Gasteiger partial charge in [0.05, 0.1) is 11.9 Å². The molecule has 1 aromatic rings. The minimum atomic E-state index is -0.289. The number of H-pyrrole nitrogens is 1. The van der Waals surface area contributed by atoms with Gasteiger partial charge >= 0.3 is 0 Å². The molecule has 1 heterocycles. The molecular weight excluding hydrogens is 180 g/mol. The first kappa shape index (κ1) is 10.1. The lowest BCUT2D eigenvalue weighted by molar-refractivity contribution is 0.0936. The Bertz CT molecular complexity index is 363. The molecule has 1 atom stereocenters. The van der Waals surface area contributed by atoms with Crippen molar-refractivity contribution >= 4 is 11.6 Å². The van der Waals surface area contributed by atoms with Gasteiger partial charge in [0.25, 0.3) is 5.91 Å². The summed E-state index contributed by atoms with van der Waals surface area (Å²) in [5.41, 5.74) is 6.10. The second kappa shape index (κ2) is 4.33. The molecule has 1 aromatic heterocycles. The van der Waals surface area contributed by atoms with Gasteiger partial charge in [-0.05, 0) is 6.92 Å². The fourth-order valence-corrected chi connectivity index (χ4v) is 1.00. The number of amides is 1. The number of hydrogen-bond acceptors (Lipinski definition) is 3. The Morgan fingerprint density at radius 1 is 1.93 bits per heavy atom. The molecule has 74 valence electrons. The molecule has 4 N–H and O–H groups in total. The van der Waals surface area contributed by atoms with Gasteiger partial charge in [-0.2, -0.15) is 5.10 Å². The summed E-state index contributed by atoms with van der Waals surface area (Å²) in [6.07, 6.45) is 6.98. The van der Waals surface area contributed by atoms with E-state index in [1.807, 2.05) is 6.92 Å². The van der Waals surface area contributed by atoms with E-state index in [0.717, 1.165) is 0 Å². The number of rotatable bonds is 3. The number of hydrogen-bond donors (Lipinski definition) is 3. The topological polar surface area (TPSA) is 83.8 Å². The third-order valence-corrected chi connectivity index (χ3v) is 1.70. The van der Waals surface area contributed by atoms with Gasteiger partial charge in [0.2, 0.25) is 0 Å². The Hall–Kier alpha value is -1.96. The van der Waals surface area contributed by atoms with Gasteiger partial charge in [0, 0.05) is 12.5 Å². The van der Waals surface area contributed by atoms with E-state index in [0.29, 0.717) is 12.1 Å². The van der Waals surface area contributed by atoms with Crippen LogP contribution in [0.4, 0.5) is 5.69 Å². The van der Waals surface area contributed by atoms with Gasteiger partial charge in [-0.1, -0.05) is 0 Å². The van der Waals surface area contributed by atoms with Crippen LogP contribution in [-0.4, -0.2) is 22.1 Å². The third kappa shape index (κ3) is 2.26. The van der Waals surface area contributed by atoms with Crippen molar-refractivity contribution in [3.05, 3.63) is 11.9 Å². The highest BCUT2D eigenvalue weighted by molar-refractivity contribution is 5.97. The van der Waals surface area contributed by atoms with Crippen molar-refractivity contribution in [2.45, 2.75) is 19.4 Å². The molecule has 0 aromatic carbocycles. The summed E-state index contributed by atoms with van der Waals surface area (Å²) in [4.78, 5) is 11.5. The molecule has 5 heteroatoms. The zero-order valence-corrected chi connectivity index (χ0v) is 7.87. The highest BCUT2D eigenvalue weighted by Gasteiger charge is 2.13. The Labute approximate surface area is 82.1 Å². The zero-order valence-electron chi connectivity index (χ0n) is 7.87. The van der Waals surface area contributed by atoms with Crippen LogP contribution in [0.1, 0.15) is 23.8 Å². The van der Waals surface area contributed by atoms with Gasteiger partial charge in [-0.15, -0.1) is 12.3 Å². The first-order chi connectivity index (χ1) is 6.65. The molecule has 0 fully saturated rings. The molecule has 1 unspecified atom stereocenters. The number of nitrogens with two attached hydrogens (primary N) is 1. The summed E-state index contributed by atoms with van der Waals surface area (Å²) >= 11 is 0. The van der Waals surface area contributed by atoms with Crippen molar-refractivity contribution in [3.63, 3.8) is 0 Å². The van der Waals surface area contributed by atoms with E-state index < -0.39 is 0 Å². The van der Waals surface area contributed by atoms with Crippen LogP contribution in [0.15, 0.2) is 6.20 Å². The molecule has 0 radical (unpaired) electrons. The van der Waals surface area contributed by atoms with Crippen LogP contribution in [0.3, 0.4) is 0 Å². The van der Waals surface area contributed by atoms with Crippen LogP contribution in [0, 0.1) is 12.3 Å². The summed E-state index contributed by atoms with van der Waals surface area (Å²) in [5.74, 6) is 2.17. The maximum Gasteiger partial charge on any atom is 0.271 e. The van der Waals surface area contributed by atoms with Crippen LogP contribution < -0.4 is 11.1 Å². The molecule has 0 bridgehead atoms. The van der Waals surface area contributed by atoms with Crippen LogP contribution >= 0.6 is 0 Å². The standard InChI is InChI=1S/C9H12N4O/c1-3-4-6(2)12-9(14)8-7(10)5-11-13-8/h1,5-6H,4,10H2,2H3,(H,11,13)(H,12,14). The first-order valence-electron chi connectivity index (χ1n) is 4.18. The Morgan fingerprint density at radius 3 is 3.14 bits per heavy atom. The van der Waals surface area contributed by atoms with Gasteiger partial charge in [0.15, 0.2) is 0 Å². The molecule has 5 nitrogen and oxygen atoms in total. The van der Waals surface area contributed by atoms with E-state index in [1.165, 1.54) is 6.20 Å². The fourth-order valence-electron chi connectivity index (χ4n) is 1.00. The van der Waals surface area contributed by atoms with E-state index in [1.54, 1.807) is 0 Å². The van der Waals surface area contributed by atoms with Crippen LogP contribution in [0.5, 0.6) is 0 Å². The molecule has 1 rings (SSSR count). The second-order valence-electron chi connectivity index (χ2n) is 2.98. The smallest absolute Gasteiger partial charge is 0.271 e. The van der Waals surface area contributed by atoms with Crippen molar-refractivity contribution in [3.8, 4) is 12.3 Å². The van der Waals surface area contributed by atoms with Crippen molar-refractivity contribution in [1.82, 2.24) is 15.5 Å². The van der Waals surface area contributed by atoms with E-state index in [4.69, 9.17) is 12.2 Å². The molecule has 0 saturated heterocycles. The van der Waals surface area contributed by atoms with Crippen LogP contribution in [0.25, 0.3) is 0 Å². The largest absolute Gasteiger partial charge is 0.396 e. The highest BCUT2D eigenvalue weighted by Crippen LogP contribution is 2.05. The molecule has 0 aliphatic heterocycles. The maximum atomic E-state index is 11.5. The number of nitrogen functional groups attached to an aromatic ring is 1. The Kier molecular flexibility index (Phi) is 3.13. The monoisotopic (exact) mass is 192 g/mol. The van der Waals surface area contributed by atoms with Crippen molar-refractivity contribution < 1.29 is 4.79 Å². The maximum absolute atomic E-state index is 11.5. The quantitative estimate of drug-likeness (QED) is 0.595. The van der Waals surface area contributed by atoms with E-state index in [9.17, 15) is 4.79 Å². The van der Waals surface area contributed by atoms with E-state index >= 15 is 0 Å². The number of nitrogens with one attached hydrogen (secondary N) is 2. The number of carbonyl (C=O) groups excluding carboxylic acids is 1. The van der Waals surface area contributed by atoms with Crippen molar-refractivity contribution in [2.24, 2.45) is 0 Å². The summed E-state index contributed by atoms with van der Waals surface area (Å²) < 4.78 is 0. The molecule has 0 spiro atoms. The normalized spacial score (nSPS) is 11.7. The highest BCUT2D eigenvalue weighted by atomic mass is 16.2. The van der Waals surface area contributed by atoms with Crippen molar-refractivity contribution in [2.75, 3.05) is 5.73 Å². The minimum Gasteiger partial charge on any atom is -0.396 e. The number of nitrogens with zero attached hydrogens (tertiary/aromatic N) is 1. The van der Waals surface area contributed by atoms with Gasteiger partial charge in [0.1, 0.15) is 5.69 Å². The second-order valence-corrected chi connectivity index (χ2v) is 2.98. The van der Waals surface area contributed by atoms with Gasteiger partial charge < -0.3 is 11.1 Å². The molecule has 1 amide bonds. The Balaban J connectivity index is 2.60. The summed E-state index contributed by atoms with van der Waals surface area (Å²) in [6.45, 7) is 1.82. The first-order valence-corrected chi connectivity index (χ1v) is 4.18. The molecular formula is C9H12N4O. The SMILES string of the molecule is C#CCC(C)NC(=O)c1[nH]ncc1N. The number of carbonyl (C=O) groups is 1. The zero-order chi connectivity index (χ0) is 10.6. The van der Waals surface area contributed by atoms with Gasteiger partial charge in [-0.25, -0.2) is 0 Å². The van der Waals surface area contributed by atoms with E-state index in [2.05, 4.69) is 21.4 Å². The summed E-state index contributed by atoms with van der Waals surface area (Å²) in [6, 6.07) is -0.0739. The average Bonchev–Trinajstić information content (AvgIpc) is 2.51. The number of aromatic amines is 1. The molecule has 0 aliphatic rings.